The molecule has 2 rings (SSSR count). The smallest absolute Gasteiger partial charge is 0.226 e. The Bertz CT molecular complexity index is 467. The Morgan fingerprint density at radius 1 is 1.29 bits per heavy atom. The average molecular weight is 291 g/mol. The molecule has 1 aliphatic carbocycles. The van der Waals surface area contributed by atoms with Crippen LogP contribution < -0.4 is 5.32 Å². The first-order valence-electron chi connectivity index (χ1n) is 7.67. The van der Waals surface area contributed by atoms with Gasteiger partial charge in [-0.1, -0.05) is 37.1 Å². The monoisotopic (exact) mass is 291 g/mol. The zero-order valence-electron chi connectivity index (χ0n) is 12.7. The van der Waals surface area contributed by atoms with Gasteiger partial charge in [-0.3, -0.25) is 4.79 Å². The van der Waals surface area contributed by atoms with Crippen molar-refractivity contribution < 1.29 is 14.6 Å². The second-order valence-electron chi connectivity index (χ2n) is 5.84. The van der Waals surface area contributed by atoms with E-state index in [1.165, 1.54) is 0 Å². The van der Waals surface area contributed by atoms with Crippen molar-refractivity contribution in [3.63, 3.8) is 0 Å². The molecule has 0 aromatic heterocycles. The Labute approximate surface area is 126 Å². The van der Waals surface area contributed by atoms with Crippen LogP contribution in [0.4, 0.5) is 0 Å². The molecular weight excluding hydrogens is 266 g/mol. The number of carbonyl (C=O) groups excluding carboxylic acids is 1. The zero-order chi connectivity index (χ0) is 15.1. The second-order valence-corrected chi connectivity index (χ2v) is 5.84. The number of hydrogen-bond donors (Lipinski definition) is 2. The molecule has 21 heavy (non-hydrogen) atoms. The van der Waals surface area contributed by atoms with Gasteiger partial charge in [-0.2, -0.15) is 0 Å². The van der Waals surface area contributed by atoms with Crippen molar-refractivity contribution in [3.8, 4) is 0 Å². The van der Waals surface area contributed by atoms with Gasteiger partial charge in [0.2, 0.25) is 5.91 Å². The molecule has 1 saturated carbocycles. The maximum atomic E-state index is 12.6. The van der Waals surface area contributed by atoms with Crippen LogP contribution in [0.3, 0.4) is 0 Å². The summed E-state index contributed by atoms with van der Waals surface area (Å²) in [7, 11) is 1.68. The van der Waals surface area contributed by atoms with Gasteiger partial charge >= 0.3 is 0 Å². The summed E-state index contributed by atoms with van der Waals surface area (Å²) in [5.41, 5.74) is 1.59. The van der Waals surface area contributed by atoms with E-state index in [9.17, 15) is 9.90 Å². The van der Waals surface area contributed by atoms with Gasteiger partial charge in [0.25, 0.3) is 0 Å². The van der Waals surface area contributed by atoms with E-state index in [2.05, 4.69) is 5.32 Å². The van der Waals surface area contributed by atoms with Gasteiger partial charge in [0, 0.05) is 20.3 Å². The van der Waals surface area contributed by atoms with Crippen molar-refractivity contribution in [1.29, 1.82) is 0 Å². The molecule has 0 atom stereocenters. The molecule has 0 radical (unpaired) electrons. The summed E-state index contributed by atoms with van der Waals surface area (Å²) in [6, 6.07) is 7.66. The van der Waals surface area contributed by atoms with Crippen molar-refractivity contribution in [2.75, 3.05) is 13.7 Å². The molecule has 1 fully saturated rings. The highest BCUT2D eigenvalue weighted by Crippen LogP contribution is 2.41. The Balaban J connectivity index is 1.99. The van der Waals surface area contributed by atoms with E-state index in [1.807, 2.05) is 24.3 Å². The van der Waals surface area contributed by atoms with Crippen molar-refractivity contribution in [2.24, 2.45) is 5.41 Å². The van der Waals surface area contributed by atoms with E-state index >= 15 is 0 Å². The van der Waals surface area contributed by atoms with Gasteiger partial charge in [0.1, 0.15) is 0 Å². The minimum absolute atomic E-state index is 0.000855. The van der Waals surface area contributed by atoms with Gasteiger partial charge in [-0.05, 0) is 30.4 Å². The van der Waals surface area contributed by atoms with Crippen LogP contribution in [0.5, 0.6) is 0 Å². The number of rotatable bonds is 7. The Kier molecular flexibility index (Phi) is 5.76. The van der Waals surface area contributed by atoms with Crippen LogP contribution in [-0.2, 0) is 22.7 Å². The van der Waals surface area contributed by atoms with E-state index in [-0.39, 0.29) is 17.9 Å². The third-order valence-electron chi connectivity index (χ3n) is 4.56. The Morgan fingerprint density at radius 3 is 2.57 bits per heavy atom. The fourth-order valence-electron chi connectivity index (χ4n) is 3.19. The molecular formula is C17H25NO3. The number of carbonyl (C=O) groups is 1. The summed E-state index contributed by atoms with van der Waals surface area (Å²) in [5.74, 6) is 0.129. The molecule has 116 valence electrons. The van der Waals surface area contributed by atoms with Gasteiger partial charge < -0.3 is 15.2 Å². The number of amides is 1. The minimum Gasteiger partial charge on any atom is -0.392 e. The molecule has 0 saturated heterocycles. The molecule has 2 N–H and O–H groups in total. The topological polar surface area (TPSA) is 58.6 Å². The first-order valence-corrected chi connectivity index (χ1v) is 7.67. The molecule has 1 aliphatic rings. The first-order chi connectivity index (χ1) is 10.2. The van der Waals surface area contributed by atoms with Gasteiger partial charge in [0.05, 0.1) is 12.0 Å². The predicted octanol–water partition coefficient (Wildman–Crippen LogP) is 2.39. The summed E-state index contributed by atoms with van der Waals surface area (Å²) < 4.78 is 5.17. The van der Waals surface area contributed by atoms with E-state index in [1.54, 1.807) is 7.11 Å². The maximum absolute atomic E-state index is 12.6. The minimum atomic E-state index is -0.260. The SMILES string of the molecule is COCCC1(C(=O)NCc2ccccc2CO)CCCC1. The molecule has 0 heterocycles. The molecule has 1 amide bonds. The third kappa shape index (κ3) is 3.83. The number of aliphatic hydroxyl groups is 1. The van der Waals surface area contributed by atoms with E-state index in [0.717, 1.165) is 43.2 Å². The lowest BCUT2D eigenvalue weighted by Crippen LogP contribution is -2.39. The van der Waals surface area contributed by atoms with Crippen LogP contribution in [-0.4, -0.2) is 24.7 Å². The van der Waals surface area contributed by atoms with E-state index < -0.39 is 0 Å². The number of benzene rings is 1. The molecule has 4 heteroatoms. The summed E-state index contributed by atoms with van der Waals surface area (Å²) >= 11 is 0. The van der Waals surface area contributed by atoms with Crippen LogP contribution >= 0.6 is 0 Å². The summed E-state index contributed by atoms with van der Waals surface area (Å²) in [4.78, 5) is 12.6. The largest absolute Gasteiger partial charge is 0.392 e. The van der Waals surface area contributed by atoms with Crippen LogP contribution in [0.15, 0.2) is 24.3 Å². The molecule has 1 aromatic carbocycles. The van der Waals surface area contributed by atoms with Crippen LogP contribution in [0.2, 0.25) is 0 Å². The lowest BCUT2D eigenvalue weighted by Gasteiger charge is -2.27. The van der Waals surface area contributed by atoms with Crippen molar-refractivity contribution in [1.82, 2.24) is 5.32 Å². The quantitative estimate of drug-likeness (QED) is 0.811. The normalized spacial score (nSPS) is 16.9. The van der Waals surface area contributed by atoms with E-state index in [4.69, 9.17) is 4.74 Å². The Hall–Kier alpha value is -1.39. The fraction of sp³-hybridized carbons (Fsp3) is 0.588. The Morgan fingerprint density at radius 2 is 1.95 bits per heavy atom. The molecule has 1 aromatic rings. The van der Waals surface area contributed by atoms with Crippen molar-refractivity contribution in [3.05, 3.63) is 35.4 Å². The molecule has 4 nitrogen and oxygen atoms in total. The standard InChI is InChI=1S/C17H25NO3/c1-21-11-10-17(8-4-5-9-17)16(20)18-12-14-6-2-3-7-15(14)13-19/h2-3,6-7,19H,4-5,8-13H2,1H3,(H,18,20). The highest BCUT2D eigenvalue weighted by Gasteiger charge is 2.40. The third-order valence-corrected chi connectivity index (χ3v) is 4.56. The van der Waals surface area contributed by atoms with Crippen molar-refractivity contribution in [2.45, 2.75) is 45.3 Å². The zero-order valence-corrected chi connectivity index (χ0v) is 12.7. The maximum Gasteiger partial charge on any atom is 0.226 e. The number of methoxy groups -OCH3 is 1. The second kappa shape index (κ2) is 7.57. The lowest BCUT2D eigenvalue weighted by molar-refractivity contribution is -0.132. The van der Waals surface area contributed by atoms with Gasteiger partial charge in [-0.15, -0.1) is 0 Å². The number of ether oxygens (including phenoxy) is 1. The molecule has 0 spiro atoms. The fourth-order valence-corrected chi connectivity index (χ4v) is 3.19. The highest BCUT2D eigenvalue weighted by molar-refractivity contribution is 5.82. The summed E-state index contributed by atoms with van der Waals surface area (Å²) in [5, 5.41) is 12.4. The number of aliphatic hydroxyl groups excluding tert-OH is 1. The van der Waals surface area contributed by atoms with Crippen molar-refractivity contribution >= 4 is 5.91 Å². The summed E-state index contributed by atoms with van der Waals surface area (Å²) in [6.45, 7) is 1.10. The molecule has 0 bridgehead atoms. The molecule has 0 aliphatic heterocycles. The van der Waals surface area contributed by atoms with Gasteiger partial charge in [-0.25, -0.2) is 0 Å². The molecule has 0 unspecified atom stereocenters. The van der Waals surface area contributed by atoms with Crippen LogP contribution in [0.25, 0.3) is 0 Å². The predicted molar refractivity (Wildman–Crippen MR) is 81.6 cm³/mol. The lowest BCUT2D eigenvalue weighted by atomic mass is 9.82. The van der Waals surface area contributed by atoms with Gasteiger partial charge in [0.15, 0.2) is 0 Å². The highest BCUT2D eigenvalue weighted by atomic mass is 16.5. The van der Waals surface area contributed by atoms with E-state index in [0.29, 0.717) is 13.2 Å². The number of hydrogen-bond acceptors (Lipinski definition) is 3. The van der Waals surface area contributed by atoms with Crippen LogP contribution in [0.1, 0.15) is 43.2 Å². The first kappa shape index (κ1) is 16.0. The average Bonchev–Trinajstić information content (AvgIpc) is 3.01. The number of nitrogens with one attached hydrogen (secondary N) is 1. The van der Waals surface area contributed by atoms with Crippen LogP contribution in [0, 0.1) is 5.41 Å². The summed E-state index contributed by atoms with van der Waals surface area (Å²) in [6.07, 6.45) is 4.92.